The number of oxime groups is 1. The summed E-state index contributed by atoms with van der Waals surface area (Å²) in [5.41, 5.74) is 6.11. The largest absolute Gasteiger partial charge is 0.409 e. The Bertz CT molecular complexity index is 368. The van der Waals surface area contributed by atoms with Gasteiger partial charge in [-0.25, -0.2) is 4.98 Å². The third-order valence-corrected chi connectivity index (χ3v) is 2.22. The van der Waals surface area contributed by atoms with Crippen molar-refractivity contribution in [2.75, 3.05) is 24.6 Å². The van der Waals surface area contributed by atoms with Crippen molar-refractivity contribution in [1.82, 2.24) is 4.98 Å². The number of nitrogens with two attached hydrogens (primary N) is 1. The molecule has 0 fully saturated rings. The van der Waals surface area contributed by atoms with Crippen LogP contribution in [0.5, 0.6) is 0 Å². The molecule has 0 aliphatic carbocycles. The summed E-state index contributed by atoms with van der Waals surface area (Å²) in [6, 6.07) is 3.43. The van der Waals surface area contributed by atoms with Gasteiger partial charge in [0, 0.05) is 19.3 Å². The third-order valence-electron chi connectivity index (χ3n) is 2.22. The van der Waals surface area contributed by atoms with Crippen molar-refractivity contribution in [3.8, 4) is 0 Å². The fourth-order valence-electron chi connectivity index (χ4n) is 1.44. The van der Waals surface area contributed by atoms with Gasteiger partial charge in [-0.1, -0.05) is 5.16 Å². The van der Waals surface area contributed by atoms with Gasteiger partial charge in [0.2, 0.25) is 0 Å². The van der Waals surface area contributed by atoms with Gasteiger partial charge in [0.05, 0.1) is 12.2 Å². The van der Waals surface area contributed by atoms with Gasteiger partial charge in [-0.15, -0.1) is 0 Å². The molecule has 0 saturated carbocycles. The minimum absolute atomic E-state index is 0.0134. The summed E-state index contributed by atoms with van der Waals surface area (Å²) in [5.74, 6) is 0.619. The summed E-state index contributed by atoms with van der Waals surface area (Å²) >= 11 is 0. The second-order valence-electron chi connectivity index (χ2n) is 3.16. The summed E-state index contributed by atoms with van der Waals surface area (Å²) in [4.78, 5) is 6.03. The standard InChI is InChI=1S/C10H16N4O2/c1-2-14(6-7-15)10-8(9(11)13-16)4-3-5-12-10/h3-5,15-16H,2,6-7H2,1H3,(H2,11,13). The average molecular weight is 224 g/mol. The molecule has 4 N–H and O–H groups in total. The Kier molecular flexibility index (Phi) is 4.53. The van der Waals surface area contributed by atoms with Crippen LogP contribution in [0.15, 0.2) is 23.5 Å². The Hall–Kier alpha value is -1.82. The fourth-order valence-corrected chi connectivity index (χ4v) is 1.44. The van der Waals surface area contributed by atoms with Crippen molar-refractivity contribution in [3.05, 3.63) is 23.9 Å². The number of aliphatic hydroxyl groups excluding tert-OH is 1. The number of amidine groups is 1. The molecule has 1 aromatic heterocycles. The van der Waals surface area contributed by atoms with Crippen molar-refractivity contribution in [3.63, 3.8) is 0 Å². The van der Waals surface area contributed by atoms with E-state index in [0.717, 1.165) is 0 Å². The third kappa shape index (κ3) is 2.60. The van der Waals surface area contributed by atoms with E-state index in [4.69, 9.17) is 16.0 Å². The second kappa shape index (κ2) is 5.92. The lowest BCUT2D eigenvalue weighted by atomic mass is 10.2. The zero-order chi connectivity index (χ0) is 12.0. The van der Waals surface area contributed by atoms with Gasteiger partial charge in [0.1, 0.15) is 5.82 Å². The first-order valence-electron chi connectivity index (χ1n) is 5.03. The monoisotopic (exact) mass is 224 g/mol. The van der Waals surface area contributed by atoms with E-state index in [1.165, 1.54) is 0 Å². The molecule has 88 valence electrons. The SMILES string of the molecule is CCN(CCO)c1ncccc1/C(N)=N/O. The molecule has 0 spiro atoms. The summed E-state index contributed by atoms with van der Waals surface area (Å²) in [7, 11) is 0. The number of aromatic nitrogens is 1. The van der Waals surface area contributed by atoms with E-state index < -0.39 is 0 Å². The van der Waals surface area contributed by atoms with Crippen molar-refractivity contribution >= 4 is 11.7 Å². The van der Waals surface area contributed by atoms with Crippen LogP contribution < -0.4 is 10.6 Å². The highest BCUT2D eigenvalue weighted by atomic mass is 16.4. The van der Waals surface area contributed by atoms with Crippen LogP contribution in [0.25, 0.3) is 0 Å². The van der Waals surface area contributed by atoms with Crippen LogP contribution in [0, 0.1) is 0 Å². The lowest BCUT2D eigenvalue weighted by molar-refractivity contribution is 0.302. The second-order valence-corrected chi connectivity index (χ2v) is 3.16. The lowest BCUT2D eigenvalue weighted by Crippen LogP contribution is -2.30. The molecule has 0 atom stereocenters. The maximum absolute atomic E-state index is 8.94. The van der Waals surface area contributed by atoms with Gasteiger partial charge in [-0.3, -0.25) is 0 Å². The molecule has 1 aromatic rings. The number of rotatable bonds is 5. The Balaban J connectivity index is 3.10. The maximum atomic E-state index is 8.94. The topological polar surface area (TPSA) is 95.0 Å². The highest BCUT2D eigenvalue weighted by molar-refractivity contribution is 6.01. The van der Waals surface area contributed by atoms with E-state index in [1.54, 1.807) is 18.3 Å². The van der Waals surface area contributed by atoms with E-state index in [9.17, 15) is 0 Å². The predicted octanol–water partition coefficient (Wildman–Crippen LogP) is -0.00530. The average Bonchev–Trinajstić information content (AvgIpc) is 2.35. The van der Waals surface area contributed by atoms with Crippen LogP contribution in [0.2, 0.25) is 0 Å². The van der Waals surface area contributed by atoms with Gasteiger partial charge in [-0.2, -0.15) is 0 Å². The van der Waals surface area contributed by atoms with Crippen molar-refractivity contribution < 1.29 is 10.3 Å². The van der Waals surface area contributed by atoms with E-state index in [2.05, 4.69) is 10.1 Å². The number of hydrogen-bond donors (Lipinski definition) is 3. The molecule has 0 aromatic carbocycles. The van der Waals surface area contributed by atoms with Crippen LogP contribution in [0.1, 0.15) is 12.5 Å². The quantitative estimate of drug-likeness (QED) is 0.283. The summed E-state index contributed by atoms with van der Waals surface area (Å²) in [6.07, 6.45) is 1.63. The van der Waals surface area contributed by atoms with Crippen molar-refractivity contribution in [1.29, 1.82) is 0 Å². The first kappa shape index (κ1) is 12.3. The van der Waals surface area contributed by atoms with Crippen molar-refractivity contribution in [2.45, 2.75) is 6.92 Å². The number of anilines is 1. The molecule has 1 rings (SSSR count). The highest BCUT2D eigenvalue weighted by Gasteiger charge is 2.13. The number of aliphatic hydroxyl groups is 1. The molecule has 0 aliphatic heterocycles. The molecule has 0 aliphatic rings. The molecule has 6 nitrogen and oxygen atoms in total. The Morgan fingerprint density at radius 1 is 1.62 bits per heavy atom. The summed E-state index contributed by atoms with van der Waals surface area (Å²) in [6.45, 7) is 3.11. The van der Waals surface area contributed by atoms with E-state index in [1.807, 2.05) is 11.8 Å². The minimum Gasteiger partial charge on any atom is -0.409 e. The summed E-state index contributed by atoms with van der Waals surface area (Å²) < 4.78 is 0. The van der Waals surface area contributed by atoms with Gasteiger partial charge >= 0.3 is 0 Å². The van der Waals surface area contributed by atoms with Crippen LogP contribution >= 0.6 is 0 Å². The zero-order valence-electron chi connectivity index (χ0n) is 9.17. The van der Waals surface area contributed by atoms with Gasteiger partial charge in [0.25, 0.3) is 0 Å². The first-order chi connectivity index (χ1) is 7.74. The minimum atomic E-state index is 0.0134. The Morgan fingerprint density at radius 2 is 2.38 bits per heavy atom. The van der Waals surface area contributed by atoms with Crippen LogP contribution in [0.4, 0.5) is 5.82 Å². The molecule has 16 heavy (non-hydrogen) atoms. The van der Waals surface area contributed by atoms with Gasteiger partial charge in [0.15, 0.2) is 5.84 Å². The number of pyridine rings is 1. The molecule has 0 saturated heterocycles. The predicted molar refractivity (Wildman–Crippen MR) is 61.7 cm³/mol. The van der Waals surface area contributed by atoms with E-state index in [0.29, 0.717) is 24.5 Å². The molecule has 0 unspecified atom stereocenters. The Labute approximate surface area is 94.0 Å². The van der Waals surface area contributed by atoms with Crippen LogP contribution in [-0.2, 0) is 0 Å². The normalized spacial score (nSPS) is 11.5. The molecule has 0 amide bonds. The summed E-state index contributed by atoms with van der Waals surface area (Å²) in [5, 5.41) is 20.6. The number of hydrogen-bond acceptors (Lipinski definition) is 5. The first-order valence-corrected chi connectivity index (χ1v) is 5.03. The molecular weight excluding hydrogens is 208 g/mol. The molecule has 0 radical (unpaired) electrons. The number of likely N-dealkylation sites (N-methyl/N-ethyl adjacent to an activating group) is 1. The van der Waals surface area contributed by atoms with Crippen LogP contribution in [-0.4, -0.2) is 40.8 Å². The van der Waals surface area contributed by atoms with E-state index in [-0.39, 0.29) is 12.4 Å². The zero-order valence-corrected chi connectivity index (χ0v) is 9.17. The lowest BCUT2D eigenvalue weighted by Gasteiger charge is -2.22. The van der Waals surface area contributed by atoms with Gasteiger partial charge < -0.3 is 20.9 Å². The maximum Gasteiger partial charge on any atom is 0.173 e. The van der Waals surface area contributed by atoms with Crippen LogP contribution in [0.3, 0.4) is 0 Å². The van der Waals surface area contributed by atoms with E-state index >= 15 is 0 Å². The molecule has 6 heteroatoms. The van der Waals surface area contributed by atoms with Crippen molar-refractivity contribution in [2.24, 2.45) is 10.9 Å². The molecule has 1 heterocycles. The highest BCUT2D eigenvalue weighted by Crippen LogP contribution is 2.16. The Morgan fingerprint density at radius 3 is 2.94 bits per heavy atom. The number of nitrogens with zero attached hydrogens (tertiary/aromatic N) is 3. The van der Waals surface area contributed by atoms with Gasteiger partial charge in [-0.05, 0) is 19.1 Å². The molecular formula is C10H16N4O2. The smallest absolute Gasteiger partial charge is 0.173 e. The molecule has 0 bridgehead atoms. The fraction of sp³-hybridized carbons (Fsp3) is 0.400.